The fourth-order valence-electron chi connectivity index (χ4n) is 2.70. The third-order valence-corrected chi connectivity index (χ3v) is 4.03. The van der Waals surface area contributed by atoms with E-state index in [1.807, 2.05) is 0 Å². The van der Waals surface area contributed by atoms with Crippen molar-refractivity contribution in [2.24, 2.45) is 11.8 Å². The molecule has 1 aromatic carbocycles. The smallest absolute Gasteiger partial charge is 0.166 e. The first kappa shape index (κ1) is 14.4. The van der Waals surface area contributed by atoms with E-state index in [2.05, 4.69) is 6.92 Å². The van der Waals surface area contributed by atoms with Crippen LogP contribution in [0.1, 0.15) is 50.2 Å². The molecule has 106 valence electrons. The van der Waals surface area contributed by atoms with E-state index in [9.17, 15) is 13.2 Å². The number of hydrogen-bond acceptors (Lipinski definition) is 0. The van der Waals surface area contributed by atoms with Gasteiger partial charge in [-0.2, -0.15) is 13.2 Å². The molecule has 1 fully saturated rings. The van der Waals surface area contributed by atoms with Gasteiger partial charge in [0.15, 0.2) is 0 Å². The summed E-state index contributed by atoms with van der Waals surface area (Å²) in [4.78, 5) is 0. The Morgan fingerprint density at radius 2 is 1.74 bits per heavy atom. The Morgan fingerprint density at radius 1 is 1.05 bits per heavy atom. The van der Waals surface area contributed by atoms with Gasteiger partial charge in [0.2, 0.25) is 0 Å². The maximum Gasteiger partial charge on any atom is 0.416 e. The first-order valence-electron chi connectivity index (χ1n) is 7.17. The third kappa shape index (κ3) is 4.26. The van der Waals surface area contributed by atoms with Crippen molar-refractivity contribution < 1.29 is 13.2 Å². The molecule has 0 unspecified atom stereocenters. The van der Waals surface area contributed by atoms with E-state index in [1.54, 1.807) is 12.1 Å². The molecule has 3 heteroatoms. The Kier molecular flexibility index (Phi) is 4.54. The molecule has 0 aromatic heterocycles. The Hall–Kier alpha value is -0.990. The molecule has 1 aromatic rings. The van der Waals surface area contributed by atoms with Gasteiger partial charge in [0.1, 0.15) is 0 Å². The monoisotopic (exact) mass is 270 g/mol. The van der Waals surface area contributed by atoms with Crippen LogP contribution in [0.4, 0.5) is 13.2 Å². The Balaban J connectivity index is 1.79. The zero-order valence-electron chi connectivity index (χ0n) is 11.3. The SMILES string of the molecule is CCCCC[C@H]1C[C@@H]1Cc1ccc(C(F)(F)F)cc1. The molecule has 0 bridgehead atoms. The van der Waals surface area contributed by atoms with Crippen molar-refractivity contribution in [3.8, 4) is 0 Å². The number of hydrogen-bond donors (Lipinski definition) is 0. The summed E-state index contributed by atoms with van der Waals surface area (Å²) >= 11 is 0. The van der Waals surface area contributed by atoms with E-state index in [4.69, 9.17) is 0 Å². The zero-order valence-corrected chi connectivity index (χ0v) is 11.3. The number of rotatable bonds is 6. The summed E-state index contributed by atoms with van der Waals surface area (Å²) in [5.41, 5.74) is 0.488. The molecule has 2 atom stereocenters. The standard InChI is InChI=1S/C16H21F3/c1-2-3-4-5-13-11-14(13)10-12-6-8-15(9-7-12)16(17,18)19/h6-9,13-14H,2-5,10-11H2,1H3/t13-,14-/m0/s1. The molecule has 1 saturated carbocycles. The topological polar surface area (TPSA) is 0 Å². The van der Waals surface area contributed by atoms with Crippen LogP contribution < -0.4 is 0 Å². The summed E-state index contributed by atoms with van der Waals surface area (Å²) in [6.07, 6.45) is 3.10. The van der Waals surface area contributed by atoms with Gasteiger partial charge in [0.25, 0.3) is 0 Å². The minimum Gasteiger partial charge on any atom is -0.166 e. The van der Waals surface area contributed by atoms with Crippen molar-refractivity contribution in [1.29, 1.82) is 0 Å². The van der Waals surface area contributed by atoms with Gasteiger partial charge in [-0.05, 0) is 42.4 Å². The minimum atomic E-state index is -4.22. The predicted molar refractivity (Wildman–Crippen MR) is 70.9 cm³/mol. The highest BCUT2D eigenvalue weighted by Crippen LogP contribution is 2.44. The van der Waals surface area contributed by atoms with Crippen LogP contribution in [0, 0.1) is 11.8 Å². The third-order valence-electron chi connectivity index (χ3n) is 4.03. The molecule has 1 aliphatic carbocycles. The quantitative estimate of drug-likeness (QED) is 0.602. The summed E-state index contributed by atoms with van der Waals surface area (Å²) in [5.74, 6) is 1.52. The van der Waals surface area contributed by atoms with Gasteiger partial charge in [-0.25, -0.2) is 0 Å². The lowest BCUT2D eigenvalue weighted by atomic mass is 10.0. The molecular weight excluding hydrogens is 249 g/mol. The summed E-state index contributed by atoms with van der Waals surface area (Å²) in [5, 5.41) is 0. The predicted octanol–water partition coefficient (Wildman–Crippen LogP) is 5.46. The highest BCUT2D eigenvalue weighted by molar-refractivity contribution is 5.25. The number of unbranched alkanes of at least 4 members (excludes halogenated alkanes) is 2. The zero-order chi connectivity index (χ0) is 13.9. The van der Waals surface area contributed by atoms with Gasteiger partial charge in [0, 0.05) is 0 Å². The van der Waals surface area contributed by atoms with Crippen LogP contribution in [0.3, 0.4) is 0 Å². The fourth-order valence-corrected chi connectivity index (χ4v) is 2.70. The largest absolute Gasteiger partial charge is 0.416 e. The van der Waals surface area contributed by atoms with E-state index in [0.717, 1.165) is 17.9 Å². The number of halogens is 3. The minimum absolute atomic E-state index is 0.549. The lowest BCUT2D eigenvalue weighted by Crippen LogP contribution is -2.04. The Labute approximate surface area is 113 Å². The fraction of sp³-hybridized carbons (Fsp3) is 0.625. The summed E-state index contributed by atoms with van der Waals surface area (Å²) in [6.45, 7) is 2.20. The van der Waals surface area contributed by atoms with Crippen molar-refractivity contribution in [2.45, 2.75) is 51.6 Å². The maximum atomic E-state index is 12.4. The van der Waals surface area contributed by atoms with E-state index in [-0.39, 0.29) is 0 Å². The summed E-state index contributed by atoms with van der Waals surface area (Å²) in [6, 6.07) is 5.65. The molecule has 2 rings (SSSR count). The van der Waals surface area contributed by atoms with Crippen LogP contribution in [0.5, 0.6) is 0 Å². The second-order valence-electron chi connectivity index (χ2n) is 5.65. The Morgan fingerprint density at radius 3 is 2.32 bits per heavy atom. The molecule has 0 spiro atoms. The van der Waals surface area contributed by atoms with Gasteiger partial charge >= 0.3 is 6.18 Å². The molecule has 19 heavy (non-hydrogen) atoms. The lowest BCUT2D eigenvalue weighted by molar-refractivity contribution is -0.137. The van der Waals surface area contributed by atoms with Crippen LogP contribution in [0.2, 0.25) is 0 Å². The average molecular weight is 270 g/mol. The number of benzene rings is 1. The first-order valence-corrected chi connectivity index (χ1v) is 7.17. The van der Waals surface area contributed by atoms with E-state index >= 15 is 0 Å². The van der Waals surface area contributed by atoms with Gasteiger partial charge in [0.05, 0.1) is 5.56 Å². The molecular formula is C16H21F3. The van der Waals surface area contributed by atoms with Gasteiger partial charge in [-0.15, -0.1) is 0 Å². The molecule has 0 amide bonds. The molecule has 0 N–H and O–H groups in total. The van der Waals surface area contributed by atoms with Crippen molar-refractivity contribution in [1.82, 2.24) is 0 Å². The van der Waals surface area contributed by atoms with E-state index in [1.165, 1.54) is 44.2 Å². The van der Waals surface area contributed by atoms with Crippen LogP contribution in [0.15, 0.2) is 24.3 Å². The molecule has 0 saturated heterocycles. The second kappa shape index (κ2) is 5.98. The normalized spacial score (nSPS) is 22.5. The molecule has 0 heterocycles. The lowest BCUT2D eigenvalue weighted by Gasteiger charge is -2.07. The van der Waals surface area contributed by atoms with E-state index in [0.29, 0.717) is 5.92 Å². The molecule has 1 aliphatic rings. The first-order chi connectivity index (χ1) is 9.00. The van der Waals surface area contributed by atoms with Crippen LogP contribution in [-0.4, -0.2) is 0 Å². The maximum absolute atomic E-state index is 12.4. The summed E-state index contributed by atoms with van der Waals surface area (Å²) < 4.78 is 37.3. The number of alkyl halides is 3. The van der Waals surface area contributed by atoms with Crippen LogP contribution >= 0.6 is 0 Å². The highest BCUT2D eigenvalue weighted by atomic mass is 19.4. The van der Waals surface area contributed by atoms with Crippen molar-refractivity contribution in [3.05, 3.63) is 35.4 Å². The highest BCUT2D eigenvalue weighted by Gasteiger charge is 2.36. The van der Waals surface area contributed by atoms with Gasteiger partial charge in [-0.1, -0.05) is 44.7 Å². The van der Waals surface area contributed by atoms with Crippen LogP contribution in [0.25, 0.3) is 0 Å². The van der Waals surface area contributed by atoms with Crippen molar-refractivity contribution in [3.63, 3.8) is 0 Å². The average Bonchev–Trinajstić information content (AvgIpc) is 3.07. The molecule has 0 aliphatic heterocycles. The van der Waals surface area contributed by atoms with Gasteiger partial charge in [-0.3, -0.25) is 0 Å². The van der Waals surface area contributed by atoms with Crippen molar-refractivity contribution in [2.75, 3.05) is 0 Å². The Bertz CT molecular complexity index is 391. The summed E-state index contributed by atoms with van der Waals surface area (Å²) in [7, 11) is 0. The van der Waals surface area contributed by atoms with Crippen molar-refractivity contribution >= 4 is 0 Å². The van der Waals surface area contributed by atoms with E-state index < -0.39 is 11.7 Å². The molecule has 0 radical (unpaired) electrons. The van der Waals surface area contributed by atoms with Crippen LogP contribution in [-0.2, 0) is 12.6 Å². The molecule has 0 nitrogen and oxygen atoms in total. The van der Waals surface area contributed by atoms with Gasteiger partial charge < -0.3 is 0 Å². The second-order valence-corrected chi connectivity index (χ2v) is 5.65.